The summed E-state index contributed by atoms with van der Waals surface area (Å²) >= 11 is 0. The molecule has 2 N–H and O–H groups in total. The zero-order valence-electron chi connectivity index (χ0n) is 16.3. The Labute approximate surface area is 160 Å². The molecule has 4 rings (SSSR count). The predicted octanol–water partition coefficient (Wildman–Crippen LogP) is 3.29. The smallest absolute Gasteiger partial charge is 0.0711 e. The molecule has 1 aliphatic rings. The van der Waals surface area contributed by atoms with Crippen LogP contribution in [-0.2, 0) is 18.4 Å². The molecule has 1 saturated heterocycles. The maximum Gasteiger partial charge on any atom is 0.0711 e. The fourth-order valence-corrected chi connectivity index (χ4v) is 3.83. The Morgan fingerprint density at radius 2 is 1.96 bits per heavy atom. The van der Waals surface area contributed by atoms with Crippen molar-refractivity contribution in [2.45, 2.75) is 45.3 Å². The quantitative estimate of drug-likeness (QED) is 0.746. The van der Waals surface area contributed by atoms with Crippen molar-refractivity contribution in [3.05, 3.63) is 59.5 Å². The molecule has 0 spiro atoms. The molecule has 0 amide bonds. The van der Waals surface area contributed by atoms with Crippen LogP contribution in [0.5, 0.6) is 0 Å². The van der Waals surface area contributed by atoms with Gasteiger partial charge >= 0.3 is 0 Å². The summed E-state index contributed by atoms with van der Waals surface area (Å²) in [7, 11) is 0. The number of hydrogen-bond acceptors (Lipinski definition) is 4. The monoisotopic (exact) mass is 364 g/mol. The number of hydrogen-bond donors (Lipinski definition) is 2. The normalized spacial score (nSPS) is 21.2. The van der Waals surface area contributed by atoms with Gasteiger partial charge in [-0.3, -0.25) is 15.0 Å². The minimum Gasteiger partial charge on any atom is -0.391 e. The van der Waals surface area contributed by atoms with Crippen molar-refractivity contribution < 1.29 is 5.11 Å². The minimum atomic E-state index is -0.316. The summed E-state index contributed by atoms with van der Waals surface area (Å²) in [6.07, 6.45) is 0.488. The Kier molecular flexibility index (Phi) is 4.74. The average Bonchev–Trinajstić information content (AvgIpc) is 3.22. The average molecular weight is 364 g/mol. The lowest BCUT2D eigenvalue weighted by Crippen LogP contribution is -2.21. The summed E-state index contributed by atoms with van der Waals surface area (Å²) in [6, 6.07) is 14.5. The summed E-state index contributed by atoms with van der Waals surface area (Å²) in [5.41, 5.74) is 4.30. The van der Waals surface area contributed by atoms with Crippen LogP contribution in [-0.4, -0.2) is 44.4 Å². The number of nitrogens with zero attached hydrogens (tertiary/aromatic N) is 3. The first-order chi connectivity index (χ1) is 12.9. The third kappa shape index (κ3) is 4.04. The van der Waals surface area contributed by atoms with Gasteiger partial charge in [-0.2, -0.15) is 5.10 Å². The Morgan fingerprint density at radius 3 is 2.74 bits per heavy atom. The standard InChI is InChI=1S/C22H28N4O/c1-22(2,3)21-11-18(24-25-21)13-26-12-16(20(27)14-26)10-17-9-8-15-6-4-5-7-19(15)23-17/h4-9,11,16,20,27H,10,12-14H2,1-3H3,(H,24,25)/t16-,20-/m1/s1. The zero-order valence-corrected chi connectivity index (χ0v) is 16.3. The number of aliphatic hydroxyl groups is 1. The van der Waals surface area contributed by atoms with Gasteiger partial charge < -0.3 is 5.11 Å². The Balaban J connectivity index is 1.41. The van der Waals surface area contributed by atoms with E-state index in [9.17, 15) is 5.11 Å². The molecule has 0 aliphatic carbocycles. The van der Waals surface area contributed by atoms with Crippen molar-refractivity contribution in [2.24, 2.45) is 5.92 Å². The fraction of sp³-hybridized carbons (Fsp3) is 0.455. The van der Waals surface area contributed by atoms with E-state index in [0.717, 1.165) is 47.5 Å². The number of pyridine rings is 1. The molecule has 0 unspecified atom stereocenters. The van der Waals surface area contributed by atoms with Crippen LogP contribution in [0.1, 0.15) is 37.9 Å². The summed E-state index contributed by atoms with van der Waals surface area (Å²) in [6.45, 7) is 8.86. The van der Waals surface area contributed by atoms with Gasteiger partial charge in [-0.1, -0.05) is 45.0 Å². The number of likely N-dealkylation sites (tertiary alicyclic amines) is 1. The number of aliphatic hydroxyl groups excluding tert-OH is 1. The molecule has 0 saturated carbocycles. The molecule has 1 aliphatic heterocycles. The Bertz CT molecular complexity index is 927. The highest BCUT2D eigenvalue weighted by atomic mass is 16.3. The summed E-state index contributed by atoms with van der Waals surface area (Å²) < 4.78 is 0. The van der Waals surface area contributed by atoms with Crippen molar-refractivity contribution in [3.63, 3.8) is 0 Å². The molecule has 5 nitrogen and oxygen atoms in total. The molecule has 5 heteroatoms. The number of aromatic nitrogens is 3. The maximum absolute atomic E-state index is 10.6. The van der Waals surface area contributed by atoms with Crippen LogP contribution in [0.2, 0.25) is 0 Å². The van der Waals surface area contributed by atoms with Gasteiger partial charge in [0.05, 0.1) is 17.3 Å². The summed E-state index contributed by atoms with van der Waals surface area (Å²) in [5.74, 6) is 0.212. The van der Waals surface area contributed by atoms with Gasteiger partial charge in [0, 0.05) is 47.7 Å². The highest BCUT2D eigenvalue weighted by Gasteiger charge is 2.32. The van der Waals surface area contributed by atoms with Crippen molar-refractivity contribution in [3.8, 4) is 0 Å². The number of benzene rings is 1. The largest absolute Gasteiger partial charge is 0.391 e. The molecule has 0 radical (unpaired) electrons. The van der Waals surface area contributed by atoms with Crippen molar-refractivity contribution in [1.29, 1.82) is 0 Å². The first-order valence-electron chi connectivity index (χ1n) is 9.68. The van der Waals surface area contributed by atoms with Crippen LogP contribution in [0, 0.1) is 5.92 Å². The van der Waals surface area contributed by atoms with Crippen LogP contribution in [0.4, 0.5) is 0 Å². The van der Waals surface area contributed by atoms with Gasteiger partial charge in [-0.05, 0) is 24.6 Å². The maximum atomic E-state index is 10.6. The lowest BCUT2D eigenvalue weighted by molar-refractivity contribution is 0.140. The van der Waals surface area contributed by atoms with Crippen LogP contribution < -0.4 is 0 Å². The van der Waals surface area contributed by atoms with Gasteiger partial charge in [0.1, 0.15) is 0 Å². The zero-order chi connectivity index (χ0) is 19.0. The van der Waals surface area contributed by atoms with Gasteiger partial charge in [-0.25, -0.2) is 0 Å². The Morgan fingerprint density at radius 1 is 1.15 bits per heavy atom. The number of para-hydroxylation sites is 1. The van der Waals surface area contributed by atoms with Crippen LogP contribution in [0.25, 0.3) is 10.9 Å². The third-order valence-electron chi connectivity index (χ3n) is 5.40. The first-order valence-corrected chi connectivity index (χ1v) is 9.68. The second-order valence-corrected chi connectivity index (χ2v) is 8.75. The predicted molar refractivity (Wildman–Crippen MR) is 108 cm³/mol. The molecule has 1 aromatic carbocycles. The van der Waals surface area contributed by atoms with E-state index in [0.29, 0.717) is 6.54 Å². The van der Waals surface area contributed by atoms with E-state index >= 15 is 0 Å². The number of H-pyrrole nitrogens is 1. The SMILES string of the molecule is CC(C)(C)c1cc(CN2C[C@@H](Cc3ccc4ccccc4n3)[C@H](O)C2)[nH]n1. The van der Waals surface area contributed by atoms with Crippen LogP contribution >= 0.6 is 0 Å². The summed E-state index contributed by atoms with van der Waals surface area (Å²) in [4.78, 5) is 7.07. The number of rotatable bonds is 4. The van der Waals surface area contributed by atoms with E-state index in [1.54, 1.807) is 0 Å². The molecule has 27 heavy (non-hydrogen) atoms. The fourth-order valence-electron chi connectivity index (χ4n) is 3.83. The molecule has 0 bridgehead atoms. The molecule has 142 valence electrons. The van der Waals surface area contributed by atoms with E-state index in [2.05, 4.69) is 60.1 Å². The van der Waals surface area contributed by atoms with E-state index in [-0.39, 0.29) is 17.4 Å². The van der Waals surface area contributed by atoms with E-state index in [1.807, 2.05) is 18.2 Å². The first kappa shape index (κ1) is 18.1. The van der Waals surface area contributed by atoms with Gasteiger partial charge in [0.15, 0.2) is 0 Å². The molecular weight excluding hydrogens is 336 g/mol. The van der Waals surface area contributed by atoms with Gasteiger partial charge in [0.2, 0.25) is 0 Å². The van der Waals surface area contributed by atoms with Gasteiger partial charge in [0.25, 0.3) is 0 Å². The minimum absolute atomic E-state index is 0.0452. The molecular formula is C22H28N4O. The highest BCUT2D eigenvalue weighted by molar-refractivity contribution is 5.78. The Hall–Kier alpha value is -2.24. The molecule has 2 aromatic heterocycles. The van der Waals surface area contributed by atoms with E-state index in [4.69, 9.17) is 4.98 Å². The number of β-amino-alcohol motifs (C(OH)–C–C–N with tert-alkyl or cyclic N) is 1. The van der Waals surface area contributed by atoms with E-state index in [1.165, 1.54) is 0 Å². The molecule has 1 fully saturated rings. The molecule has 3 aromatic rings. The lowest BCUT2D eigenvalue weighted by Gasteiger charge is -2.15. The van der Waals surface area contributed by atoms with Crippen molar-refractivity contribution in [2.75, 3.05) is 13.1 Å². The van der Waals surface area contributed by atoms with Crippen molar-refractivity contribution >= 4 is 10.9 Å². The molecule has 2 atom stereocenters. The molecule has 3 heterocycles. The van der Waals surface area contributed by atoms with Crippen LogP contribution in [0.15, 0.2) is 42.5 Å². The van der Waals surface area contributed by atoms with Gasteiger partial charge in [-0.15, -0.1) is 0 Å². The topological polar surface area (TPSA) is 65.0 Å². The van der Waals surface area contributed by atoms with E-state index < -0.39 is 0 Å². The van der Waals surface area contributed by atoms with Crippen molar-refractivity contribution in [1.82, 2.24) is 20.1 Å². The highest BCUT2D eigenvalue weighted by Crippen LogP contribution is 2.25. The summed E-state index contributed by atoms with van der Waals surface area (Å²) in [5, 5.41) is 19.3. The number of nitrogens with one attached hydrogen (secondary N) is 1. The van der Waals surface area contributed by atoms with Crippen LogP contribution in [0.3, 0.4) is 0 Å². The second-order valence-electron chi connectivity index (χ2n) is 8.75. The second kappa shape index (κ2) is 7.06. The number of fused-ring (bicyclic) bond motifs is 1. The third-order valence-corrected chi connectivity index (χ3v) is 5.40. The lowest BCUT2D eigenvalue weighted by atomic mass is 9.92. The number of aromatic amines is 1.